The molecule has 1 unspecified atom stereocenters. The summed E-state index contributed by atoms with van der Waals surface area (Å²) in [7, 11) is 0. The lowest BCUT2D eigenvalue weighted by molar-refractivity contribution is -0.188. The molecule has 1 aliphatic heterocycles. The highest BCUT2D eigenvalue weighted by molar-refractivity contribution is 6.30. The number of rotatable bonds is 4. The molecule has 1 fully saturated rings. The third-order valence-corrected chi connectivity index (χ3v) is 4.45. The highest BCUT2D eigenvalue weighted by atomic mass is 35.5. The topological polar surface area (TPSA) is 86.7 Å². The van der Waals surface area contributed by atoms with Crippen molar-refractivity contribution in [2.45, 2.75) is 19.1 Å². The van der Waals surface area contributed by atoms with Gasteiger partial charge in [0.1, 0.15) is 6.04 Å². The van der Waals surface area contributed by atoms with E-state index in [0.29, 0.717) is 5.02 Å². The van der Waals surface area contributed by atoms with E-state index in [2.05, 4.69) is 5.32 Å². The van der Waals surface area contributed by atoms with E-state index in [1.807, 2.05) is 0 Å². The van der Waals surface area contributed by atoms with Gasteiger partial charge in [-0.2, -0.15) is 13.2 Å². The number of carbonyl (C=O) groups excluding carboxylic acids is 2. The first-order chi connectivity index (χ1) is 12.0. The fourth-order valence-corrected chi connectivity index (χ4v) is 2.91. The molecule has 0 saturated carbocycles. The highest BCUT2D eigenvalue weighted by Gasteiger charge is 2.53. The number of carboxylic acids is 1. The summed E-state index contributed by atoms with van der Waals surface area (Å²) >= 11 is 5.72. The molecule has 26 heavy (non-hydrogen) atoms. The van der Waals surface area contributed by atoms with E-state index in [0.717, 1.165) is 4.90 Å². The summed E-state index contributed by atoms with van der Waals surface area (Å²) in [5.41, 5.74) is 0.229. The molecule has 1 heterocycles. The molecule has 0 radical (unpaired) electrons. The average Bonchev–Trinajstić information content (AvgIpc) is 3.00. The number of carboxylic acid groups (broad SMARTS) is 1. The Morgan fingerprint density at radius 3 is 2.27 bits per heavy atom. The fourth-order valence-electron chi connectivity index (χ4n) is 2.78. The average molecular weight is 393 g/mol. The van der Waals surface area contributed by atoms with Crippen LogP contribution in [0.2, 0.25) is 5.02 Å². The Morgan fingerprint density at radius 1 is 1.23 bits per heavy atom. The van der Waals surface area contributed by atoms with Gasteiger partial charge in [0.2, 0.25) is 5.91 Å². The highest BCUT2D eigenvalue weighted by Crippen LogP contribution is 2.37. The van der Waals surface area contributed by atoms with Crippen LogP contribution in [-0.2, 0) is 9.59 Å². The van der Waals surface area contributed by atoms with Crippen LogP contribution < -0.4 is 5.32 Å². The second kappa shape index (κ2) is 7.53. The molecule has 1 aromatic carbocycles. The first kappa shape index (κ1) is 20.0. The monoisotopic (exact) mass is 392 g/mol. The second-order valence-electron chi connectivity index (χ2n) is 6.04. The van der Waals surface area contributed by atoms with E-state index in [-0.39, 0.29) is 5.56 Å². The van der Waals surface area contributed by atoms with Crippen LogP contribution in [0.3, 0.4) is 0 Å². The summed E-state index contributed by atoms with van der Waals surface area (Å²) in [6, 6.07) is 4.72. The van der Waals surface area contributed by atoms with Gasteiger partial charge in [0, 0.05) is 23.7 Å². The second-order valence-corrected chi connectivity index (χ2v) is 6.47. The zero-order valence-electron chi connectivity index (χ0n) is 13.6. The Kier molecular flexibility index (Phi) is 5.80. The van der Waals surface area contributed by atoms with Crippen LogP contribution in [0, 0.1) is 11.8 Å². The zero-order chi connectivity index (χ0) is 19.6. The number of amides is 2. The Morgan fingerprint density at radius 2 is 1.81 bits per heavy atom. The molecule has 0 aliphatic carbocycles. The van der Waals surface area contributed by atoms with Gasteiger partial charge in [-0.1, -0.05) is 11.6 Å². The van der Waals surface area contributed by atoms with Crippen molar-refractivity contribution in [3.63, 3.8) is 0 Å². The van der Waals surface area contributed by atoms with Crippen LogP contribution in [0.5, 0.6) is 0 Å². The van der Waals surface area contributed by atoms with Crippen molar-refractivity contribution in [3.8, 4) is 0 Å². The van der Waals surface area contributed by atoms with Crippen molar-refractivity contribution in [3.05, 3.63) is 34.9 Å². The Hall–Kier alpha value is -2.29. The van der Waals surface area contributed by atoms with Crippen LogP contribution in [0.1, 0.15) is 17.3 Å². The number of nitrogens with one attached hydrogen (secondary N) is 1. The number of hydrogen-bond donors (Lipinski definition) is 2. The number of halogens is 4. The van der Waals surface area contributed by atoms with Crippen molar-refractivity contribution in [1.82, 2.24) is 10.2 Å². The molecule has 0 spiro atoms. The standard InChI is InChI=1S/C16H16ClF3N2O4/c1-8(21-13(23)9-2-4-10(17)5-3-9)14(24)22-6-11(15(25)26)12(7-22)16(18,19)20/h2-5,8,11-12H,6-7H2,1H3,(H,21,23)(H,25,26)/t8?,11-,12-/m1/s1. The lowest BCUT2D eigenvalue weighted by Crippen LogP contribution is -2.46. The molecule has 1 aliphatic rings. The van der Waals surface area contributed by atoms with Gasteiger partial charge in [-0.3, -0.25) is 14.4 Å². The number of alkyl halides is 3. The Balaban J connectivity index is 2.05. The van der Waals surface area contributed by atoms with Gasteiger partial charge < -0.3 is 15.3 Å². The normalized spacial score (nSPS) is 21.3. The maximum absolute atomic E-state index is 13.0. The number of nitrogens with zero attached hydrogens (tertiary/aromatic N) is 1. The summed E-state index contributed by atoms with van der Waals surface area (Å²) in [5, 5.41) is 11.8. The molecule has 2 N–H and O–H groups in total. The summed E-state index contributed by atoms with van der Waals surface area (Å²) in [6.45, 7) is 0.0206. The molecule has 1 saturated heterocycles. The number of likely N-dealkylation sites (tertiary alicyclic amines) is 1. The first-order valence-corrected chi connectivity index (χ1v) is 8.03. The van der Waals surface area contributed by atoms with E-state index in [1.54, 1.807) is 0 Å². The SMILES string of the molecule is CC(NC(=O)c1ccc(Cl)cc1)C(=O)N1C[C@@H](C(F)(F)F)[C@H](C(=O)O)C1. The number of carbonyl (C=O) groups is 3. The van der Waals surface area contributed by atoms with E-state index >= 15 is 0 Å². The molecule has 0 bridgehead atoms. The minimum absolute atomic E-state index is 0.229. The van der Waals surface area contributed by atoms with Crippen molar-refractivity contribution < 1.29 is 32.7 Å². The predicted molar refractivity (Wildman–Crippen MR) is 85.6 cm³/mol. The molecular formula is C16H16ClF3N2O4. The summed E-state index contributed by atoms with van der Waals surface area (Å²) in [6.07, 6.45) is -4.73. The molecular weight excluding hydrogens is 377 g/mol. The fraction of sp³-hybridized carbons (Fsp3) is 0.438. The van der Waals surface area contributed by atoms with Crippen LogP contribution in [0.15, 0.2) is 24.3 Å². The minimum atomic E-state index is -4.73. The quantitative estimate of drug-likeness (QED) is 0.822. The zero-order valence-corrected chi connectivity index (χ0v) is 14.3. The van der Waals surface area contributed by atoms with E-state index < -0.39 is 54.9 Å². The molecule has 142 valence electrons. The Labute approximate surface area is 151 Å². The van der Waals surface area contributed by atoms with Crippen LogP contribution in [0.25, 0.3) is 0 Å². The smallest absolute Gasteiger partial charge is 0.394 e. The van der Waals surface area contributed by atoms with Gasteiger partial charge >= 0.3 is 12.1 Å². The van der Waals surface area contributed by atoms with Crippen LogP contribution in [-0.4, -0.2) is 53.1 Å². The molecule has 2 amide bonds. The lowest BCUT2D eigenvalue weighted by Gasteiger charge is -2.22. The van der Waals surface area contributed by atoms with E-state index in [9.17, 15) is 27.6 Å². The van der Waals surface area contributed by atoms with Gasteiger partial charge in [0.25, 0.3) is 5.91 Å². The van der Waals surface area contributed by atoms with Gasteiger partial charge in [-0.25, -0.2) is 0 Å². The van der Waals surface area contributed by atoms with E-state index in [1.165, 1.54) is 31.2 Å². The van der Waals surface area contributed by atoms with Crippen molar-refractivity contribution >= 4 is 29.4 Å². The first-order valence-electron chi connectivity index (χ1n) is 7.65. The third-order valence-electron chi connectivity index (χ3n) is 4.19. The summed E-state index contributed by atoms with van der Waals surface area (Å²) in [5.74, 6) is -6.84. The molecule has 0 aromatic heterocycles. The molecule has 3 atom stereocenters. The molecule has 6 nitrogen and oxygen atoms in total. The minimum Gasteiger partial charge on any atom is -0.481 e. The van der Waals surface area contributed by atoms with Gasteiger partial charge in [0.05, 0.1) is 11.8 Å². The molecule has 1 aromatic rings. The van der Waals surface area contributed by atoms with Crippen molar-refractivity contribution in [2.75, 3.05) is 13.1 Å². The van der Waals surface area contributed by atoms with E-state index in [4.69, 9.17) is 16.7 Å². The van der Waals surface area contributed by atoms with Crippen molar-refractivity contribution in [2.24, 2.45) is 11.8 Å². The molecule has 2 rings (SSSR count). The lowest BCUT2D eigenvalue weighted by atomic mass is 9.96. The maximum Gasteiger partial charge on any atom is 0.394 e. The molecule has 10 heteroatoms. The van der Waals surface area contributed by atoms with Gasteiger partial charge in [0.15, 0.2) is 0 Å². The number of benzene rings is 1. The van der Waals surface area contributed by atoms with Crippen LogP contribution >= 0.6 is 11.6 Å². The summed E-state index contributed by atoms with van der Waals surface area (Å²) in [4.78, 5) is 36.3. The van der Waals surface area contributed by atoms with Gasteiger partial charge in [-0.15, -0.1) is 0 Å². The largest absolute Gasteiger partial charge is 0.481 e. The third kappa shape index (κ3) is 4.46. The summed E-state index contributed by atoms with van der Waals surface area (Å²) < 4.78 is 39.0. The van der Waals surface area contributed by atoms with Crippen molar-refractivity contribution in [1.29, 1.82) is 0 Å². The maximum atomic E-state index is 13.0. The number of hydrogen-bond acceptors (Lipinski definition) is 3. The Bertz CT molecular complexity index is 708. The van der Waals surface area contributed by atoms with Gasteiger partial charge in [-0.05, 0) is 31.2 Å². The number of aliphatic carboxylic acids is 1. The van der Waals surface area contributed by atoms with Crippen LogP contribution in [0.4, 0.5) is 13.2 Å². The predicted octanol–water partition coefficient (Wildman–Crippen LogP) is 2.18.